The molecule has 0 saturated heterocycles. The SMILES string of the molecule is CN(Cc1cccc2c1-c1ccccc1C2)C(=O)CCCc1ccc(N)cc1. The van der Waals surface area contributed by atoms with Gasteiger partial charge in [-0.2, -0.15) is 0 Å². The summed E-state index contributed by atoms with van der Waals surface area (Å²) in [5, 5.41) is 0. The second-order valence-corrected chi connectivity index (χ2v) is 7.63. The Bertz CT molecular complexity index is 992. The number of aryl methyl sites for hydroxylation is 1. The first-order valence-electron chi connectivity index (χ1n) is 9.89. The minimum absolute atomic E-state index is 0.194. The number of nitrogens with two attached hydrogens (primary N) is 1. The number of nitrogens with zero attached hydrogens (tertiary/aromatic N) is 1. The standard InChI is InChI=1S/C25H26N2O/c1-27(24(28)11-4-6-18-12-14-22(26)15-13-18)17-21-9-5-8-20-16-19-7-2-3-10-23(19)25(20)21/h2-3,5,7-10,12-15H,4,6,11,16-17,26H2,1H3. The van der Waals surface area contributed by atoms with Gasteiger partial charge in [-0.25, -0.2) is 0 Å². The van der Waals surface area contributed by atoms with Gasteiger partial charge in [-0.05, 0) is 64.8 Å². The van der Waals surface area contributed by atoms with Gasteiger partial charge in [0.25, 0.3) is 0 Å². The van der Waals surface area contributed by atoms with Gasteiger partial charge in [0.1, 0.15) is 0 Å². The third kappa shape index (κ3) is 3.79. The van der Waals surface area contributed by atoms with E-state index in [0.717, 1.165) is 24.9 Å². The molecule has 1 aliphatic rings. The highest BCUT2D eigenvalue weighted by Crippen LogP contribution is 2.39. The van der Waals surface area contributed by atoms with Gasteiger partial charge in [0.05, 0.1) is 0 Å². The second kappa shape index (κ2) is 7.89. The maximum atomic E-state index is 12.6. The Labute approximate surface area is 166 Å². The molecule has 1 aliphatic carbocycles. The van der Waals surface area contributed by atoms with Crippen LogP contribution >= 0.6 is 0 Å². The summed E-state index contributed by atoms with van der Waals surface area (Å²) in [6.07, 6.45) is 3.29. The molecule has 3 aromatic carbocycles. The molecule has 1 amide bonds. The molecule has 0 heterocycles. The van der Waals surface area contributed by atoms with Crippen molar-refractivity contribution in [2.75, 3.05) is 12.8 Å². The summed E-state index contributed by atoms with van der Waals surface area (Å²) >= 11 is 0. The number of carbonyl (C=O) groups excluding carboxylic acids is 1. The summed E-state index contributed by atoms with van der Waals surface area (Å²) in [7, 11) is 1.91. The van der Waals surface area contributed by atoms with Crippen LogP contribution in [0.5, 0.6) is 0 Å². The number of anilines is 1. The zero-order valence-electron chi connectivity index (χ0n) is 16.3. The Hall–Kier alpha value is -3.07. The normalized spacial score (nSPS) is 11.8. The first-order chi connectivity index (χ1) is 13.6. The molecule has 3 heteroatoms. The predicted molar refractivity (Wildman–Crippen MR) is 115 cm³/mol. The van der Waals surface area contributed by atoms with Crippen molar-refractivity contribution in [3.63, 3.8) is 0 Å². The van der Waals surface area contributed by atoms with Crippen molar-refractivity contribution in [2.24, 2.45) is 0 Å². The molecule has 142 valence electrons. The molecule has 0 atom stereocenters. The van der Waals surface area contributed by atoms with Gasteiger partial charge >= 0.3 is 0 Å². The number of amides is 1. The van der Waals surface area contributed by atoms with E-state index < -0.39 is 0 Å². The first kappa shape index (κ1) is 18.3. The highest BCUT2D eigenvalue weighted by molar-refractivity contribution is 5.80. The molecule has 0 fully saturated rings. The molecule has 0 aromatic heterocycles. The number of hydrogen-bond acceptors (Lipinski definition) is 2. The molecule has 28 heavy (non-hydrogen) atoms. The molecule has 0 unspecified atom stereocenters. The Balaban J connectivity index is 1.39. The topological polar surface area (TPSA) is 46.3 Å². The minimum atomic E-state index is 0.194. The van der Waals surface area contributed by atoms with E-state index in [4.69, 9.17) is 5.73 Å². The summed E-state index contributed by atoms with van der Waals surface area (Å²) < 4.78 is 0. The molecular formula is C25H26N2O. The van der Waals surface area contributed by atoms with Crippen LogP contribution in [0.1, 0.15) is 35.1 Å². The first-order valence-corrected chi connectivity index (χ1v) is 9.89. The molecule has 3 aromatic rings. The van der Waals surface area contributed by atoms with Crippen molar-refractivity contribution in [3.05, 3.63) is 89.0 Å². The van der Waals surface area contributed by atoms with E-state index >= 15 is 0 Å². The van der Waals surface area contributed by atoms with E-state index in [9.17, 15) is 4.79 Å². The van der Waals surface area contributed by atoms with E-state index in [0.29, 0.717) is 13.0 Å². The lowest BCUT2D eigenvalue weighted by Gasteiger charge is -2.19. The van der Waals surface area contributed by atoms with Crippen LogP contribution in [0.25, 0.3) is 11.1 Å². The maximum Gasteiger partial charge on any atom is 0.222 e. The van der Waals surface area contributed by atoms with Crippen LogP contribution in [0.3, 0.4) is 0 Å². The number of nitrogen functional groups attached to an aromatic ring is 1. The molecule has 0 radical (unpaired) electrons. The van der Waals surface area contributed by atoms with Crippen molar-refractivity contribution in [2.45, 2.75) is 32.2 Å². The van der Waals surface area contributed by atoms with Crippen LogP contribution in [-0.4, -0.2) is 17.9 Å². The Morgan fingerprint density at radius 3 is 2.54 bits per heavy atom. The van der Waals surface area contributed by atoms with Gasteiger partial charge in [0.2, 0.25) is 5.91 Å². The summed E-state index contributed by atoms with van der Waals surface area (Å²) in [6.45, 7) is 0.651. The molecule has 0 spiro atoms. The number of carbonyl (C=O) groups is 1. The lowest BCUT2D eigenvalue weighted by Crippen LogP contribution is -2.26. The van der Waals surface area contributed by atoms with E-state index in [1.165, 1.54) is 33.4 Å². The predicted octanol–water partition coefficient (Wildman–Crippen LogP) is 4.82. The summed E-state index contributed by atoms with van der Waals surface area (Å²) in [6, 6.07) is 22.9. The number of fused-ring (bicyclic) bond motifs is 3. The monoisotopic (exact) mass is 370 g/mol. The number of benzene rings is 3. The fourth-order valence-electron chi connectivity index (χ4n) is 4.06. The van der Waals surface area contributed by atoms with Crippen molar-refractivity contribution >= 4 is 11.6 Å². The van der Waals surface area contributed by atoms with Crippen molar-refractivity contribution in [3.8, 4) is 11.1 Å². The van der Waals surface area contributed by atoms with Gasteiger partial charge in [-0.3, -0.25) is 4.79 Å². The van der Waals surface area contributed by atoms with Gasteiger partial charge in [-0.1, -0.05) is 54.6 Å². The lowest BCUT2D eigenvalue weighted by atomic mass is 9.99. The average Bonchev–Trinajstić information content (AvgIpc) is 3.09. The fourth-order valence-corrected chi connectivity index (χ4v) is 4.06. The van der Waals surface area contributed by atoms with Gasteiger partial charge in [0.15, 0.2) is 0 Å². The van der Waals surface area contributed by atoms with Crippen LogP contribution in [0.15, 0.2) is 66.7 Å². The van der Waals surface area contributed by atoms with Crippen LogP contribution in [0.4, 0.5) is 5.69 Å². The quantitative estimate of drug-likeness (QED) is 0.495. The highest BCUT2D eigenvalue weighted by atomic mass is 16.2. The zero-order chi connectivity index (χ0) is 19.5. The summed E-state index contributed by atoms with van der Waals surface area (Å²) in [5.74, 6) is 0.194. The summed E-state index contributed by atoms with van der Waals surface area (Å²) in [4.78, 5) is 14.5. The van der Waals surface area contributed by atoms with E-state index in [2.05, 4.69) is 42.5 Å². The number of rotatable bonds is 6. The molecule has 3 nitrogen and oxygen atoms in total. The van der Waals surface area contributed by atoms with Gasteiger partial charge in [0, 0.05) is 25.7 Å². The summed E-state index contributed by atoms with van der Waals surface area (Å²) in [5.41, 5.74) is 14.3. The largest absolute Gasteiger partial charge is 0.399 e. The van der Waals surface area contributed by atoms with Crippen LogP contribution in [0.2, 0.25) is 0 Å². The molecular weight excluding hydrogens is 344 g/mol. The molecule has 4 rings (SSSR count). The molecule has 0 aliphatic heterocycles. The van der Waals surface area contributed by atoms with E-state index in [-0.39, 0.29) is 5.91 Å². The third-order valence-corrected chi connectivity index (χ3v) is 5.57. The smallest absolute Gasteiger partial charge is 0.222 e. The van der Waals surface area contributed by atoms with Crippen molar-refractivity contribution in [1.82, 2.24) is 4.90 Å². The van der Waals surface area contributed by atoms with Crippen molar-refractivity contribution < 1.29 is 4.79 Å². The van der Waals surface area contributed by atoms with E-state index in [1.807, 2.05) is 36.2 Å². The Kier molecular flexibility index (Phi) is 5.16. The third-order valence-electron chi connectivity index (χ3n) is 5.57. The highest BCUT2D eigenvalue weighted by Gasteiger charge is 2.21. The van der Waals surface area contributed by atoms with Gasteiger partial charge < -0.3 is 10.6 Å². The fraction of sp³-hybridized carbons (Fsp3) is 0.240. The number of hydrogen-bond donors (Lipinski definition) is 1. The molecule has 2 N–H and O–H groups in total. The lowest BCUT2D eigenvalue weighted by molar-refractivity contribution is -0.130. The van der Waals surface area contributed by atoms with Crippen LogP contribution in [0, 0.1) is 0 Å². The van der Waals surface area contributed by atoms with Crippen LogP contribution < -0.4 is 5.73 Å². The Morgan fingerprint density at radius 1 is 0.964 bits per heavy atom. The molecule has 0 bridgehead atoms. The molecule has 0 saturated carbocycles. The van der Waals surface area contributed by atoms with Crippen molar-refractivity contribution in [1.29, 1.82) is 0 Å². The minimum Gasteiger partial charge on any atom is -0.399 e. The van der Waals surface area contributed by atoms with E-state index in [1.54, 1.807) is 0 Å². The Morgan fingerprint density at radius 2 is 1.71 bits per heavy atom. The van der Waals surface area contributed by atoms with Crippen LogP contribution in [-0.2, 0) is 24.2 Å². The maximum absolute atomic E-state index is 12.6. The zero-order valence-corrected chi connectivity index (χ0v) is 16.3. The van der Waals surface area contributed by atoms with Gasteiger partial charge in [-0.15, -0.1) is 0 Å². The second-order valence-electron chi connectivity index (χ2n) is 7.63. The average molecular weight is 370 g/mol.